The summed E-state index contributed by atoms with van der Waals surface area (Å²) in [6.45, 7) is 0. The highest BCUT2D eigenvalue weighted by atomic mass is 14.8. The second kappa shape index (κ2) is 3.23. The highest BCUT2D eigenvalue weighted by Crippen LogP contribution is 2.58. The zero-order valence-electron chi connectivity index (χ0n) is 9.17. The molecular weight excluding hydrogens is 170 g/mol. The smallest absolute Gasteiger partial charge is 0.0127 e. The molecule has 0 spiro atoms. The van der Waals surface area contributed by atoms with Crippen LogP contribution in [-0.2, 0) is 0 Å². The van der Waals surface area contributed by atoms with Gasteiger partial charge in [-0.15, -0.1) is 0 Å². The quantitative estimate of drug-likeness (QED) is 0.732. The van der Waals surface area contributed by atoms with Crippen molar-refractivity contribution in [2.75, 3.05) is 0 Å². The zero-order valence-corrected chi connectivity index (χ0v) is 9.17. The van der Waals surface area contributed by atoms with Gasteiger partial charge in [0.2, 0.25) is 0 Å². The molecule has 0 aliphatic heterocycles. The molecule has 0 heterocycles. The fourth-order valence-electron chi connectivity index (χ4n) is 3.81. The van der Waals surface area contributed by atoms with Crippen LogP contribution >= 0.6 is 0 Å². The third-order valence-corrected chi connectivity index (χ3v) is 4.97. The van der Waals surface area contributed by atoms with Gasteiger partial charge in [0.05, 0.1) is 0 Å². The molecule has 3 aliphatic rings. The van der Waals surface area contributed by atoms with Crippen LogP contribution in [-0.4, -0.2) is 6.04 Å². The molecule has 3 aliphatic carbocycles. The molecule has 3 saturated carbocycles. The molecule has 2 N–H and O–H groups in total. The maximum absolute atomic E-state index is 6.53. The van der Waals surface area contributed by atoms with E-state index in [-0.39, 0.29) is 0 Å². The second-order valence-electron chi connectivity index (χ2n) is 5.93. The van der Waals surface area contributed by atoms with E-state index in [0.717, 1.165) is 11.8 Å². The van der Waals surface area contributed by atoms with Gasteiger partial charge in [0.25, 0.3) is 0 Å². The standard InChI is InChI=1S/C13H23N/c14-12(10-4-5-10)13(11-6-7-11)8-2-1-3-9-13/h10-12H,1-9,14H2. The number of nitrogens with two attached hydrogens (primary N) is 1. The lowest BCUT2D eigenvalue weighted by Gasteiger charge is -2.43. The first kappa shape index (κ1) is 9.21. The lowest BCUT2D eigenvalue weighted by atomic mass is 9.64. The first-order chi connectivity index (χ1) is 6.83. The molecule has 0 bridgehead atoms. The van der Waals surface area contributed by atoms with Crippen LogP contribution in [0, 0.1) is 17.3 Å². The van der Waals surface area contributed by atoms with Gasteiger partial charge in [-0.3, -0.25) is 0 Å². The molecule has 0 aromatic rings. The van der Waals surface area contributed by atoms with Gasteiger partial charge >= 0.3 is 0 Å². The molecule has 1 nitrogen and oxygen atoms in total. The first-order valence-corrected chi connectivity index (χ1v) is 6.58. The molecule has 0 saturated heterocycles. The molecule has 0 amide bonds. The average molecular weight is 193 g/mol. The zero-order chi connectivity index (χ0) is 9.60. The number of hydrogen-bond acceptors (Lipinski definition) is 1. The summed E-state index contributed by atoms with van der Waals surface area (Å²) in [5.74, 6) is 1.94. The summed E-state index contributed by atoms with van der Waals surface area (Å²) in [6, 6.07) is 0.565. The van der Waals surface area contributed by atoms with Gasteiger partial charge in [0, 0.05) is 6.04 Å². The van der Waals surface area contributed by atoms with Gasteiger partial charge in [-0.1, -0.05) is 19.3 Å². The number of hydrogen-bond donors (Lipinski definition) is 1. The maximum atomic E-state index is 6.53. The summed E-state index contributed by atoms with van der Waals surface area (Å²) in [7, 11) is 0. The van der Waals surface area contributed by atoms with E-state index in [2.05, 4.69) is 0 Å². The average Bonchev–Trinajstić information content (AvgIpc) is 3.06. The summed E-state index contributed by atoms with van der Waals surface area (Å²) >= 11 is 0. The Morgan fingerprint density at radius 3 is 2.07 bits per heavy atom. The van der Waals surface area contributed by atoms with Crippen molar-refractivity contribution in [2.45, 2.75) is 63.8 Å². The van der Waals surface area contributed by atoms with Gasteiger partial charge in [-0.2, -0.15) is 0 Å². The van der Waals surface area contributed by atoms with Crippen LogP contribution in [0.2, 0.25) is 0 Å². The molecule has 0 radical (unpaired) electrons. The molecule has 14 heavy (non-hydrogen) atoms. The van der Waals surface area contributed by atoms with Gasteiger partial charge in [0.1, 0.15) is 0 Å². The fraction of sp³-hybridized carbons (Fsp3) is 1.00. The molecule has 3 rings (SSSR count). The van der Waals surface area contributed by atoms with Gasteiger partial charge in [0.15, 0.2) is 0 Å². The Bertz CT molecular complexity index is 209. The molecular formula is C13H23N. The van der Waals surface area contributed by atoms with Crippen molar-refractivity contribution < 1.29 is 0 Å². The summed E-state index contributed by atoms with van der Waals surface area (Å²) < 4.78 is 0. The molecule has 1 heteroatoms. The van der Waals surface area contributed by atoms with Crippen LogP contribution in [0.1, 0.15) is 57.8 Å². The van der Waals surface area contributed by atoms with Gasteiger partial charge in [-0.05, 0) is 55.8 Å². The molecule has 0 aromatic carbocycles. The van der Waals surface area contributed by atoms with Gasteiger partial charge in [-0.25, -0.2) is 0 Å². The Kier molecular flexibility index (Phi) is 2.12. The van der Waals surface area contributed by atoms with Crippen molar-refractivity contribution in [2.24, 2.45) is 23.0 Å². The summed E-state index contributed by atoms with van der Waals surface area (Å²) in [5.41, 5.74) is 7.14. The Balaban J connectivity index is 1.77. The van der Waals surface area contributed by atoms with Crippen LogP contribution < -0.4 is 5.73 Å². The third-order valence-electron chi connectivity index (χ3n) is 4.97. The van der Waals surface area contributed by atoms with E-state index in [1.807, 2.05) is 0 Å². The molecule has 1 atom stereocenters. The summed E-state index contributed by atoms with van der Waals surface area (Å²) in [5, 5.41) is 0. The second-order valence-corrected chi connectivity index (χ2v) is 5.93. The van der Waals surface area contributed by atoms with Crippen molar-refractivity contribution in [1.29, 1.82) is 0 Å². The lowest BCUT2D eigenvalue weighted by Crippen LogP contribution is -2.46. The van der Waals surface area contributed by atoms with Crippen LogP contribution in [0.5, 0.6) is 0 Å². The van der Waals surface area contributed by atoms with Crippen molar-refractivity contribution in [3.05, 3.63) is 0 Å². The first-order valence-electron chi connectivity index (χ1n) is 6.58. The SMILES string of the molecule is NC(C1CC1)C1(C2CC2)CCCCC1. The van der Waals surface area contributed by atoms with Crippen molar-refractivity contribution >= 4 is 0 Å². The molecule has 3 fully saturated rings. The Morgan fingerprint density at radius 2 is 1.57 bits per heavy atom. The number of rotatable bonds is 3. The third kappa shape index (κ3) is 1.41. The van der Waals surface area contributed by atoms with Crippen molar-refractivity contribution in [3.63, 3.8) is 0 Å². The fourth-order valence-corrected chi connectivity index (χ4v) is 3.81. The topological polar surface area (TPSA) is 26.0 Å². The minimum atomic E-state index is 0.565. The lowest BCUT2D eigenvalue weighted by molar-refractivity contribution is 0.102. The largest absolute Gasteiger partial charge is 0.327 e. The minimum Gasteiger partial charge on any atom is -0.327 e. The van der Waals surface area contributed by atoms with E-state index in [1.165, 1.54) is 57.8 Å². The van der Waals surface area contributed by atoms with Crippen LogP contribution in [0.25, 0.3) is 0 Å². The minimum absolute atomic E-state index is 0.565. The van der Waals surface area contributed by atoms with E-state index in [0.29, 0.717) is 11.5 Å². The molecule has 80 valence electrons. The summed E-state index contributed by atoms with van der Waals surface area (Å²) in [6.07, 6.45) is 13.1. The van der Waals surface area contributed by atoms with E-state index < -0.39 is 0 Å². The predicted molar refractivity (Wildman–Crippen MR) is 58.9 cm³/mol. The highest BCUT2D eigenvalue weighted by Gasteiger charge is 2.52. The monoisotopic (exact) mass is 193 g/mol. The highest BCUT2D eigenvalue weighted by molar-refractivity contribution is 5.05. The van der Waals surface area contributed by atoms with E-state index >= 15 is 0 Å². The van der Waals surface area contributed by atoms with Crippen LogP contribution in [0.15, 0.2) is 0 Å². The van der Waals surface area contributed by atoms with E-state index in [9.17, 15) is 0 Å². The predicted octanol–water partition coefficient (Wildman–Crippen LogP) is 3.08. The van der Waals surface area contributed by atoms with Crippen molar-refractivity contribution in [3.8, 4) is 0 Å². The normalized spacial score (nSPS) is 34.1. The Hall–Kier alpha value is -0.0400. The van der Waals surface area contributed by atoms with Gasteiger partial charge < -0.3 is 5.73 Å². The molecule has 0 aromatic heterocycles. The van der Waals surface area contributed by atoms with Crippen LogP contribution in [0.3, 0.4) is 0 Å². The Labute approximate surface area is 87.4 Å². The maximum Gasteiger partial charge on any atom is 0.0127 e. The van der Waals surface area contributed by atoms with E-state index in [1.54, 1.807) is 0 Å². The molecule has 1 unspecified atom stereocenters. The van der Waals surface area contributed by atoms with E-state index in [4.69, 9.17) is 5.73 Å². The Morgan fingerprint density at radius 1 is 0.929 bits per heavy atom. The van der Waals surface area contributed by atoms with Crippen LogP contribution in [0.4, 0.5) is 0 Å². The van der Waals surface area contributed by atoms with Crippen molar-refractivity contribution in [1.82, 2.24) is 0 Å². The summed E-state index contributed by atoms with van der Waals surface area (Å²) in [4.78, 5) is 0.